The molecule has 1 saturated carbocycles. The first kappa shape index (κ1) is 12.8. The van der Waals surface area contributed by atoms with Crippen molar-refractivity contribution in [2.24, 2.45) is 0 Å². The molecule has 98 valence electrons. The molecule has 5 nitrogen and oxygen atoms in total. The lowest BCUT2D eigenvalue weighted by Gasteiger charge is -2.24. The van der Waals surface area contributed by atoms with Gasteiger partial charge in [0.15, 0.2) is 0 Å². The second kappa shape index (κ2) is 6.33. The zero-order valence-electron chi connectivity index (χ0n) is 10.3. The van der Waals surface area contributed by atoms with E-state index in [1.54, 1.807) is 0 Å². The van der Waals surface area contributed by atoms with Crippen LogP contribution in [-0.4, -0.2) is 60.8 Å². The quantitative estimate of drug-likeness (QED) is 0.552. The molecule has 0 aromatic carbocycles. The maximum Gasteiger partial charge on any atom is 0.234 e. The maximum atomic E-state index is 11.7. The van der Waals surface area contributed by atoms with E-state index >= 15 is 0 Å². The molecule has 17 heavy (non-hydrogen) atoms. The van der Waals surface area contributed by atoms with E-state index in [9.17, 15) is 4.79 Å². The van der Waals surface area contributed by atoms with Crippen LogP contribution in [-0.2, 0) is 4.79 Å². The molecule has 0 aromatic heterocycles. The molecule has 1 amide bonds. The summed E-state index contributed by atoms with van der Waals surface area (Å²) < 4.78 is 0. The van der Waals surface area contributed by atoms with Crippen molar-refractivity contribution in [1.29, 1.82) is 0 Å². The van der Waals surface area contributed by atoms with Gasteiger partial charge in [0.25, 0.3) is 0 Å². The Balaban J connectivity index is 1.71. The van der Waals surface area contributed by atoms with Crippen molar-refractivity contribution in [2.45, 2.75) is 37.8 Å². The number of carbonyl (C=O) groups is 1. The molecule has 1 saturated heterocycles. The van der Waals surface area contributed by atoms with Crippen molar-refractivity contribution in [3.8, 4) is 0 Å². The second-order valence-corrected chi connectivity index (χ2v) is 5.09. The van der Waals surface area contributed by atoms with E-state index in [0.717, 1.165) is 25.9 Å². The standard InChI is InChI=1S/C12H23N3O2/c16-7-6-15(8-11-2-1-5-13-11)9-12(17)14-10-3-4-10/h10-11,13,16H,1-9H2,(H,14,17). The molecule has 1 aliphatic heterocycles. The number of aliphatic hydroxyl groups is 1. The van der Waals surface area contributed by atoms with Gasteiger partial charge in [-0.1, -0.05) is 0 Å². The molecule has 1 aliphatic carbocycles. The number of carbonyl (C=O) groups excluding carboxylic acids is 1. The van der Waals surface area contributed by atoms with Gasteiger partial charge in [-0.2, -0.15) is 0 Å². The average Bonchev–Trinajstić information content (AvgIpc) is 2.93. The molecule has 2 aliphatic rings. The predicted molar refractivity (Wildman–Crippen MR) is 65.7 cm³/mol. The van der Waals surface area contributed by atoms with Gasteiger partial charge in [-0.3, -0.25) is 9.69 Å². The lowest BCUT2D eigenvalue weighted by molar-refractivity contribution is -0.122. The van der Waals surface area contributed by atoms with Crippen LogP contribution in [0.25, 0.3) is 0 Å². The highest BCUT2D eigenvalue weighted by atomic mass is 16.3. The van der Waals surface area contributed by atoms with E-state index in [1.165, 1.54) is 12.8 Å². The Morgan fingerprint density at radius 2 is 2.24 bits per heavy atom. The van der Waals surface area contributed by atoms with Crippen molar-refractivity contribution in [3.63, 3.8) is 0 Å². The number of aliphatic hydroxyl groups excluding tert-OH is 1. The summed E-state index contributed by atoms with van der Waals surface area (Å²) in [6.07, 6.45) is 4.63. The molecule has 5 heteroatoms. The molecule has 1 unspecified atom stereocenters. The summed E-state index contributed by atoms with van der Waals surface area (Å²) in [5.41, 5.74) is 0. The van der Waals surface area contributed by atoms with Crippen LogP contribution < -0.4 is 10.6 Å². The molecule has 0 bridgehead atoms. The van der Waals surface area contributed by atoms with Crippen molar-refractivity contribution >= 4 is 5.91 Å². The molecule has 1 atom stereocenters. The van der Waals surface area contributed by atoms with E-state index < -0.39 is 0 Å². The van der Waals surface area contributed by atoms with Gasteiger partial charge in [-0.15, -0.1) is 0 Å². The van der Waals surface area contributed by atoms with Gasteiger partial charge >= 0.3 is 0 Å². The smallest absolute Gasteiger partial charge is 0.234 e. The van der Waals surface area contributed by atoms with Crippen LogP contribution >= 0.6 is 0 Å². The minimum absolute atomic E-state index is 0.0962. The summed E-state index contributed by atoms with van der Waals surface area (Å²) in [5.74, 6) is 0.0962. The van der Waals surface area contributed by atoms with Crippen LogP contribution in [0.5, 0.6) is 0 Å². The fourth-order valence-electron chi connectivity index (χ4n) is 2.30. The number of nitrogens with zero attached hydrogens (tertiary/aromatic N) is 1. The lowest BCUT2D eigenvalue weighted by atomic mass is 10.2. The highest BCUT2D eigenvalue weighted by Crippen LogP contribution is 2.18. The molecule has 0 aromatic rings. The van der Waals surface area contributed by atoms with Gasteiger partial charge in [0.05, 0.1) is 13.2 Å². The average molecular weight is 241 g/mol. The third-order valence-corrected chi connectivity index (χ3v) is 3.37. The largest absolute Gasteiger partial charge is 0.395 e. The van der Waals surface area contributed by atoms with Crippen LogP contribution in [0.4, 0.5) is 0 Å². The Kier molecular flexibility index (Phi) is 4.76. The third kappa shape index (κ3) is 4.61. The van der Waals surface area contributed by atoms with Gasteiger partial charge in [-0.25, -0.2) is 0 Å². The number of amides is 1. The SMILES string of the molecule is O=C(CN(CCO)CC1CCCN1)NC1CC1. The first-order valence-corrected chi connectivity index (χ1v) is 6.64. The second-order valence-electron chi connectivity index (χ2n) is 5.09. The summed E-state index contributed by atoms with van der Waals surface area (Å²) in [6.45, 7) is 3.04. The Hall–Kier alpha value is -0.650. The van der Waals surface area contributed by atoms with Gasteiger partial charge in [0.2, 0.25) is 5.91 Å². The molecular weight excluding hydrogens is 218 g/mol. The number of hydrogen-bond donors (Lipinski definition) is 3. The Morgan fingerprint density at radius 3 is 2.82 bits per heavy atom. The van der Waals surface area contributed by atoms with Gasteiger partial charge in [0, 0.05) is 25.2 Å². The molecule has 0 spiro atoms. The highest BCUT2D eigenvalue weighted by molar-refractivity contribution is 5.78. The number of nitrogens with one attached hydrogen (secondary N) is 2. The van der Waals surface area contributed by atoms with Crippen molar-refractivity contribution < 1.29 is 9.90 Å². The fourth-order valence-corrected chi connectivity index (χ4v) is 2.30. The van der Waals surface area contributed by atoms with Crippen LogP contribution in [0.15, 0.2) is 0 Å². The minimum Gasteiger partial charge on any atom is -0.395 e. The van der Waals surface area contributed by atoms with E-state index in [0.29, 0.717) is 25.2 Å². The zero-order valence-corrected chi connectivity index (χ0v) is 10.3. The molecule has 2 fully saturated rings. The van der Waals surface area contributed by atoms with Gasteiger partial charge in [-0.05, 0) is 32.2 Å². The lowest BCUT2D eigenvalue weighted by Crippen LogP contribution is -2.44. The van der Waals surface area contributed by atoms with Gasteiger partial charge in [0.1, 0.15) is 0 Å². The van der Waals surface area contributed by atoms with E-state index in [-0.39, 0.29) is 12.5 Å². The molecule has 1 heterocycles. The van der Waals surface area contributed by atoms with Crippen LogP contribution in [0, 0.1) is 0 Å². The first-order chi connectivity index (χ1) is 8.28. The van der Waals surface area contributed by atoms with Crippen molar-refractivity contribution in [3.05, 3.63) is 0 Å². The fraction of sp³-hybridized carbons (Fsp3) is 0.917. The molecular formula is C12H23N3O2. The van der Waals surface area contributed by atoms with E-state index in [2.05, 4.69) is 10.6 Å². The summed E-state index contributed by atoms with van der Waals surface area (Å²) in [4.78, 5) is 13.7. The van der Waals surface area contributed by atoms with Crippen molar-refractivity contribution in [2.75, 3.05) is 32.8 Å². The maximum absolute atomic E-state index is 11.7. The van der Waals surface area contributed by atoms with Crippen LogP contribution in [0.3, 0.4) is 0 Å². The van der Waals surface area contributed by atoms with Crippen molar-refractivity contribution in [1.82, 2.24) is 15.5 Å². The normalized spacial score (nSPS) is 24.2. The minimum atomic E-state index is 0.0962. The monoisotopic (exact) mass is 241 g/mol. The number of rotatable bonds is 7. The topological polar surface area (TPSA) is 64.6 Å². The molecule has 0 radical (unpaired) electrons. The third-order valence-electron chi connectivity index (χ3n) is 3.37. The highest BCUT2D eigenvalue weighted by Gasteiger charge is 2.25. The summed E-state index contributed by atoms with van der Waals surface area (Å²) in [7, 11) is 0. The van der Waals surface area contributed by atoms with E-state index in [4.69, 9.17) is 5.11 Å². The molecule has 2 rings (SSSR count). The van der Waals surface area contributed by atoms with E-state index in [1.807, 2.05) is 4.90 Å². The predicted octanol–water partition coefficient (Wildman–Crippen LogP) is -0.689. The van der Waals surface area contributed by atoms with Gasteiger partial charge < -0.3 is 15.7 Å². The summed E-state index contributed by atoms with van der Waals surface area (Å²) in [5, 5.41) is 15.4. The van der Waals surface area contributed by atoms with Crippen LogP contribution in [0.2, 0.25) is 0 Å². The van der Waals surface area contributed by atoms with Crippen LogP contribution in [0.1, 0.15) is 25.7 Å². The summed E-state index contributed by atoms with van der Waals surface area (Å²) in [6, 6.07) is 0.901. The Labute approximate surface area is 103 Å². The first-order valence-electron chi connectivity index (χ1n) is 6.64. The Morgan fingerprint density at radius 1 is 1.41 bits per heavy atom. The zero-order chi connectivity index (χ0) is 12.1. The Bertz CT molecular complexity index is 250. The number of hydrogen-bond acceptors (Lipinski definition) is 4. The molecule has 3 N–H and O–H groups in total. The summed E-state index contributed by atoms with van der Waals surface area (Å²) >= 11 is 0.